The van der Waals surface area contributed by atoms with Gasteiger partial charge in [0, 0.05) is 38.4 Å². The van der Waals surface area contributed by atoms with E-state index in [1.54, 1.807) is 0 Å². The standard InChI is InChI=1S/C64H37N5/c1-2-21-45-43(19-1)44-20-3-4-24-48(44)54-35-39(31-32-49(45)54)38-15-13-16-40(33-38)55-36-65-61-59-52-27-7-5-22-46(52)47-23-6-8-28-53(47)60(59)62-64(63(61)67-55)68-56(37-66-62)41-17-14-18-42(34-41)69-57-29-11-9-25-50(57)51-26-10-12-30-58(51)69/h1-37H. The van der Waals surface area contributed by atoms with Gasteiger partial charge in [0.2, 0.25) is 0 Å². The third-order valence-electron chi connectivity index (χ3n) is 14.4. The van der Waals surface area contributed by atoms with Gasteiger partial charge in [0.15, 0.2) is 0 Å². The van der Waals surface area contributed by atoms with Crippen molar-refractivity contribution >= 4 is 109 Å². The average molecular weight is 876 g/mol. The highest BCUT2D eigenvalue weighted by Gasteiger charge is 2.21. The Kier molecular flexibility index (Phi) is 8.00. The highest BCUT2D eigenvalue weighted by molar-refractivity contribution is 6.37. The Bertz CT molecular complexity index is 4590. The van der Waals surface area contributed by atoms with Crippen molar-refractivity contribution in [1.29, 1.82) is 0 Å². The van der Waals surface area contributed by atoms with Gasteiger partial charge < -0.3 is 4.57 Å². The second-order valence-electron chi connectivity index (χ2n) is 18.1. The van der Waals surface area contributed by atoms with E-state index in [0.717, 1.165) is 94.0 Å². The summed E-state index contributed by atoms with van der Waals surface area (Å²) < 4.78 is 2.34. The van der Waals surface area contributed by atoms with Gasteiger partial charge in [-0.05, 0) is 101 Å². The van der Waals surface area contributed by atoms with E-state index in [1.807, 2.05) is 12.4 Å². The molecular weight excluding hydrogens is 839 g/mol. The van der Waals surface area contributed by atoms with Crippen LogP contribution in [0.1, 0.15) is 0 Å². The van der Waals surface area contributed by atoms with E-state index in [-0.39, 0.29) is 0 Å². The zero-order valence-electron chi connectivity index (χ0n) is 37.1. The lowest BCUT2D eigenvalue weighted by atomic mass is 9.91. The van der Waals surface area contributed by atoms with E-state index in [4.69, 9.17) is 19.9 Å². The summed E-state index contributed by atoms with van der Waals surface area (Å²) in [5, 5.41) is 16.6. The van der Waals surface area contributed by atoms with Crippen LogP contribution in [0.25, 0.3) is 148 Å². The minimum absolute atomic E-state index is 0.719. The fourth-order valence-electron chi connectivity index (χ4n) is 11.3. The summed E-state index contributed by atoms with van der Waals surface area (Å²) in [6, 6.07) is 76.1. The molecule has 5 heteroatoms. The SMILES string of the molecule is c1cc(-c2ccc3c4ccccc4c4ccccc4c3c2)cc(-c2cnc3c(n2)c2nc(-c4cccc(-n5c6ccccc6c6ccccc65)c4)cnc2c2c4ccccc4c4ccccc4c32)c1. The Balaban J connectivity index is 0.950. The Hall–Kier alpha value is -9.32. The first kappa shape index (κ1) is 37.9. The van der Waals surface area contributed by atoms with Crippen LogP contribution < -0.4 is 0 Å². The highest BCUT2D eigenvalue weighted by atomic mass is 15.0. The Morgan fingerprint density at radius 1 is 0.261 bits per heavy atom. The lowest BCUT2D eigenvalue weighted by Crippen LogP contribution is -1.98. The molecule has 0 atom stereocenters. The number of para-hydroxylation sites is 2. The number of hydrogen-bond acceptors (Lipinski definition) is 4. The number of rotatable bonds is 4. The van der Waals surface area contributed by atoms with Crippen LogP contribution in [0.15, 0.2) is 225 Å². The molecule has 0 saturated heterocycles. The molecular formula is C64H37N5. The molecule has 5 nitrogen and oxygen atoms in total. The molecule has 0 spiro atoms. The van der Waals surface area contributed by atoms with E-state index in [1.165, 1.54) is 53.9 Å². The maximum Gasteiger partial charge on any atom is 0.118 e. The number of benzene rings is 12. The molecule has 69 heavy (non-hydrogen) atoms. The topological polar surface area (TPSA) is 56.5 Å². The lowest BCUT2D eigenvalue weighted by molar-refractivity contribution is 1.18. The predicted molar refractivity (Wildman–Crippen MR) is 288 cm³/mol. The van der Waals surface area contributed by atoms with Crippen molar-refractivity contribution in [3.63, 3.8) is 0 Å². The van der Waals surface area contributed by atoms with Crippen LogP contribution >= 0.6 is 0 Å². The number of nitrogens with zero attached hydrogens (tertiary/aromatic N) is 5. The molecule has 3 heterocycles. The molecule has 0 unspecified atom stereocenters. The molecule has 318 valence electrons. The van der Waals surface area contributed by atoms with Gasteiger partial charge in [-0.25, -0.2) is 9.97 Å². The third kappa shape index (κ3) is 5.59. The quantitative estimate of drug-likeness (QED) is 0.165. The van der Waals surface area contributed by atoms with E-state index < -0.39 is 0 Å². The van der Waals surface area contributed by atoms with Crippen molar-refractivity contribution in [1.82, 2.24) is 24.5 Å². The molecule has 0 bridgehead atoms. The molecule has 0 aliphatic carbocycles. The van der Waals surface area contributed by atoms with Gasteiger partial charge in [-0.3, -0.25) is 9.97 Å². The first-order valence-electron chi connectivity index (χ1n) is 23.5. The summed E-state index contributed by atoms with van der Waals surface area (Å²) in [5.41, 5.74) is 12.2. The van der Waals surface area contributed by atoms with Crippen LogP contribution in [0.2, 0.25) is 0 Å². The number of hydrogen-bond donors (Lipinski definition) is 0. The fraction of sp³-hybridized carbons (Fsp3) is 0. The molecule has 15 aromatic rings. The molecule has 0 radical (unpaired) electrons. The highest BCUT2D eigenvalue weighted by Crippen LogP contribution is 2.44. The van der Waals surface area contributed by atoms with E-state index >= 15 is 0 Å². The van der Waals surface area contributed by atoms with Crippen molar-refractivity contribution in [2.75, 3.05) is 0 Å². The van der Waals surface area contributed by atoms with Gasteiger partial charge >= 0.3 is 0 Å². The maximum absolute atomic E-state index is 5.56. The van der Waals surface area contributed by atoms with Crippen LogP contribution in [-0.4, -0.2) is 24.5 Å². The van der Waals surface area contributed by atoms with E-state index in [9.17, 15) is 0 Å². The zero-order valence-corrected chi connectivity index (χ0v) is 37.1. The lowest BCUT2D eigenvalue weighted by Gasteiger charge is -2.16. The Labute approximate surface area is 395 Å². The Morgan fingerprint density at radius 2 is 0.652 bits per heavy atom. The van der Waals surface area contributed by atoms with E-state index in [0.29, 0.717) is 0 Å². The smallest absolute Gasteiger partial charge is 0.118 e. The normalized spacial score (nSPS) is 12.1. The van der Waals surface area contributed by atoms with Crippen LogP contribution in [0.5, 0.6) is 0 Å². The monoisotopic (exact) mass is 875 g/mol. The summed E-state index contributed by atoms with van der Waals surface area (Å²) in [4.78, 5) is 21.9. The van der Waals surface area contributed by atoms with Crippen molar-refractivity contribution in [2.24, 2.45) is 0 Å². The van der Waals surface area contributed by atoms with Gasteiger partial charge in [-0.2, -0.15) is 0 Å². The van der Waals surface area contributed by atoms with Crippen LogP contribution in [0.4, 0.5) is 0 Å². The summed E-state index contributed by atoms with van der Waals surface area (Å²) >= 11 is 0. The average Bonchev–Trinajstić information content (AvgIpc) is 3.77. The molecule has 0 aliphatic rings. The van der Waals surface area contributed by atoms with Gasteiger partial charge in [0.25, 0.3) is 0 Å². The number of fused-ring (bicyclic) bond motifs is 20. The van der Waals surface area contributed by atoms with Crippen LogP contribution in [0.3, 0.4) is 0 Å². The summed E-state index contributed by atoms with van der Waals surface area (Å²) in [7, 11) is 0. The fourth-order valence-corrected chi connectivity index (χ4v) is 11.3. The molecule has 0 N–H and O–H groups in total. The maximum atomic E-state index is 5.56. The summed E-state index contributed by atoms with van der Waals surface area (Å²) in [5.74, 6) is 0. The Morgan fingerprint density at radius 3 is 1.19 bits per heavy atom. The minimum Gasteiger partial charge on any atom is -0.309 e. The predicted octanol–water partition coefficient (Wildman–Crippen LogP) is 16.6. The molecule has 15 rings (SSSR count). The molecule has 0 amide bonds. The van der Waals surface area contributed by atoms with Crippen molar-refractivity contribution in [2.45, 2.75) is 0 Å². The summed E-state index contributed by atoms with van der Waals surface area (Å²) in [6.45, 7) is 0. The van der Waals surface area contributed by atoms with Gasteiger partial charge in [0.05, 0.1) is 45.8 Å². The largest absolute Gasteiger partial charge is 0.309 e. The molecule has 0 aliphatic heterocycles. The summed E-state index contributed by atoms with van der Waals surface area (Å²) in [6.07, 6.45) is 3.86. The van der Waals surface area contributed by atoms with Crippen molar-refractivity contribution < 1.29 is 0 Å². The van der Waals surface area contributed by atoms with Crippen molar-refractivity contribution in [3.8, 4) is 39.3 Å². The molecule has 0 fully saturated rings. The second kappa shape index (κ2) is 14.6. The van der Waals surface area contributed by atoms with Gasteiger partial charge in [0.1, 0.15) is 11.0 Å². The van der Waals surface area contributed by atoms with Crippen LogP contribution in [0, 0.1) is 0 Å². The number of aromatic nitrogens is 5. The molecule has 12 aromatic carbocycles. The van der Waals surface area contributed by atoms with E-state index in [2.05, 4.69) is 217 Å². The molecule has 0 saturated carbocycles. The zero-order chi connectivity index (χ0) is 45.2. The molecule has 3 aromatic heterocycles. The first-order chi connectivity index (χ1) is 34.2. The van der Waals surface area contributed by atoms with Crippen LogP contribution in [-0.2, 0) is 0 Å². The van der Waals surface area contributed by atoms with Crippen molar-refractivity contribution in [3.05, 3.63) is 225 Å². The first-order valence-corrected chi connectivity index (χ1v) is 23.5. The second-order valence-corrected chi connectivity index (χ2v) is 18.1. The van der Waals surface area contributed by atoms with Gasteiger partial charge in [-0.15, -0.1) is 0 Å². The minimum atomic E-state index is 0.719. The third-order valence-corrected chi connectivity index (χ3v) is 14.4. The van der Waals surface area contributed by atoms with Gasteiger partial charge in [-0.1, -0.05) is 176 Å².